The minimum atomic E-state index is -2.18. The molecular weight excluding hydrogens is 179 g/mol. The molecular formula is C9H9BN2O2. The van der Waals surface area contributed by atoms with Crippen LogP contribution < -0.4 is 5.46 Å². The van der Waals surface area contributed by atoms with Gasteiger partial charge in [0.25, 0.3) is 0 Å². The van der Waals surface area contributed by atoms with Crippen LogP contribution in [0.15, 0.2) is 42.6 Å². The first kappa shape index (κ1) is 3.88. The van der Waals surface area contributed by atoms with Gasteiger partial charge in [0.1, 0.15) is 0 Å². The van der Waals surface area contributed by atoms with Gasteiger partial charge < -0.3 is 10.0 Å². The summed E-state index contributed by atoms with van der Waals surface area (Å²) in [5.41, 5.74) is -1.02. The molecule has 2 rings (SSSR count). The van der Waals surface area contributed by atoms with Crippen molar-refractivity contribution in [3.8, 4) is 5.69 Å². The minimum Gasteiger partial charge on any atom is -0.423 e. The molecule has 1 aromatic heterocycles. The molecule has 2 aromatic rings. The summed E-state index contributed by atoms with van der Waals surface area (Å²) in [5, 5.41) is 21.8. The summed E-state index contributed by atoms with van der Waals surface area (Å²) in [7, 11) is -2.18. The van der Waals surface area contributed by atoms with Crippen molar-refractivity contribution in [2.45, 2.75) is 0 Å². The highest BCUT2D eigenvalue weighted by atomic mass is 16.4. The number of hydrogen-bond donors (Lipinski definition) is 2. The second kappa shape index (κ2) is 3.65. The maximum absolute atomic E-state index is 9.13. The number of hydrogen-bond acceptors (Lipinski definition) is 3. The Kier molecular flexibility index (Phi) is 1.01. The normalized spacial score (nSPS) is 17.1. The summed E-state index contributed by atoms with van der Waals surface area (Å²) < 4.78 is 54.0. The number of benzene rings is 1. The number of aromatic nitrogens is 2. The van der Waals surface area contributed by atoms with Gasteiger partial charge in [0, 0.05) is 12.3 Å². The van der Waals surface area contributed by atoms with Gasteiger partial charge in [0.15, 0.2) is 0 Å². The second-order valence-electron chi connectivity index (χ2n) is 2.40. The van der Waals surface area contributed by atoms with Gasteiger partial charge in [-0.25, -0.2) is 4.68 Å². The average Bonchev–Trinajstić information content (AvgIpc) is 2.65. The van der Waals surface area contributed by atoms with Crippen molar-refractivity contribution in [3.05, 3.63) is 42.6 Å². The predicted molar refractivity (Wildman–Crippen MR) is 53.4 cm³/mol. The lowest BCUT2D eigenvalue weighted by Crippen LogP contribution is -2.29. The molecule has 0 saturated heterocycles. The lowest BCUT2D eigenvalue weighted by Gasteiger charge is -2.02. The van der Waals surface area contributed by atoms with Crippen molar-refractivity contribution in [2.75, 3.05) is 0 Å². The molecule has 0 unspecified atom stereocenters. The fourth-order valence-corrected chi connectivity index (χ4v) is 0.834. The molecule has 0 aliphatic carbocycles. The van der Waals surface area contributed by atoms with E-state index in [1.54, 1.807) is 0 Å². The Morgan fingerprint density at radius 1 is 1.29 bits per heavy atom. The predicted octanol–water partition coefficient (Wildman–Crippen LogP) is -0.448. The van der Waals surface area contributed by atoms with Crippen molar-refractivity contribution in [1.82, 2.24) is 9.78 Å². The molecule has 5 heteroatoms. The van der Waals surface area contributed by atoms with Crippen LogP contribution in [0.3, 0.4) is 0 Å². The van der Waals surface area contributed by atoms with Gasteiger partial charge in [-0.05, 0) is 23.6 Å². The van der Waals surface area contributed by atoms with Crippen LogP contribution in [0.4, 0.5) is 0 Å². The van der Waals surface area contributed by atoms with Crippen LogP contribution in [0.25, 0.3) is 5.69 Å². The maximum atomic E-state index is 9.13. The molecule has 0 fully saturated rings. The molecule has 2 N–H and O–H groups in total. The molecule has 4 nitrogen and oxygen atoms in total. The summed E-state index contributed by atoms with van der Waals surface area (Å²) in [4.78, 5) is 0. The van der Waals surface area contributed by atoms with Crippen molar-refractivity contribution in [1.29, 1.82) is 0 Å². The SMILES string of the molecule is [2H]c1nn(-c2c([2H])c([2H])c(B(O)O)c([2H])c2[2H])c([2H])c1[2H]. The molecule has 1 aromatic carbocycles. The topological polar surface area (TPSA) is 58.3 Å². The molecule has 1 heterocycles. The van der Waals surface area contributed by atoms with E-state index in [0.29, 0.717) is 4.68 Å². The smallest absolute Gasteiger partial charge is 0.423 e. The zero-order chi connectivity index (χ0) is 16.1. The van der Waals surface area contributed by atoms with Gasteiger partial charge in [0.05, 0.1) is 15.3 Å². The molecule has 70 valence electrons. The molecule has 14 heavy (non-hydrogen) atoms. The molecule has 0 aliphatic rings. The first-order valence-corrected chi connectivity index (χ1v) is 3.68. The fraction of sp³-hybridized carbons (Fsp3) is 0. The van der Waals surface area contributed by atoms with Gasteiger partial charge in [-0.3, -0.25) is 0 Å². The lowest BCUT2D eigenvalue weighted by atomic mass is 9.80. The van der Waals surface area contributed by atoms with Crippen molar-refractivity contribution >= 4 is 12.6 Å². The van der Waals surface area contributed by atoms with Gasteiger partial charge in [-0.15, -0.1) is 0 Å². The highest BCUT2D eigenvalue weighted by Gasteiger charge is 2.09. The molecule has 0 bridgehead atoms. The molecule has 0 spiro atoms. The van der Waals surface area contributed by atoms with Crippen LogP contribution in [0.5, 0.6) is 0 Å². The Labute approximate surface area is 91.4 Å². The van der Waals surface area contributed by atoms with E-state index >= 15 is 0 Å². The van der Waals surface area contributed by atoms with E-state index in [1.165, 1.54) is 0 Å². The zero-order valence-corrected chi connectivity index (χ0v) is 6.87. The first-order valence-electron chi connectivity index (χ1n) is 7.18. The quantitative estimate of drug-likeness (QED) is 0.638. The van der Waals surface area contributed by atoms with Crippen molar-refractivity contribution in [3.63, 3.8) is 0 Å². The number of rotatable bonds is 2. The minimum absolute atomic E-state index is 0.425. The third kappa shape index (κ3) is 1.68. The summed E-state index contributed by atoms with van der Waals surface area (Å²) in [5.74, 6) is 0. The van der Waals surface area contributed by atoms with Crippen LogP contribution in [-0.2, 0) is 0 Å². The van der Waals surface area contributed by atoms with E-state index in [0.717, 1.165) is 0 Å². The monoisotopic (exact) mass is 195 g/mol. The molecule has 0 atom stereocenters. The summed E-state index contributed by atoms with van der Waals surface area (Å²) in [6.07, 6.45) is -1.10. The van der Waals surface area contributed by atoms with E-state index in [9.17, 15) is 0 Å². The van der Waals surface area contributed by atoms with Crippen molar-refractivity contribution in [2.24, 2.45) is 0 Å². The van der Waals surface area contributed by atoms with Crippen LogP contribution in [0.2, 0.25) is 0 Å². The Bertz CT molecular complexity index is 705. The van der Waals surface area contributed by atoms with Crippen LogP contribution >= 0.6 is 0 Å². The molecule has 0 amide bonds. The summed E-state index contributed by atoms with van der Waals surface area (Å²) >= 11 is 0. The largest absolute Gasteiger partial charge is 0.488 e. The van der Waals surface area contributed by atoms with Crippen molar-refractivity contribution < 1.29 is 19.6 Å². The molecule has 0 radical (unpaired) electrons. The average molecular weight is 195 g/mol. The van der Waals surface area contributed by atoms with Crippen LogP contribution in [0, 0.1) is 0 Å². The van der Waals surface area contributed by atoms with Crippen LogP contribution in [0.1, 0.15) is 9.60 Å². The highest BCUT2D eigenvalue weighted by Crippen LogP contribution is 2.03. The standard InChI is InChI=1S/C9H9BN2O2/c13-10(14)8-2-4-9(5-3-8)12-7-1-6-11-12/h1-7,13-14H/i1D,2D,3D,4D,5D,6D,7D. The highest BCUT2D eigenvalue weighted by molar-refractivity contribution is 6.58. The summed E-state index contributed by atoms with van der Waals surface area (Å²) in [6, 6.07) is -3.17. The van der Waals surface area contributed by atoms with Gasteiger partial charge in [0.2, 0.25) is 0 Å². The third-order valence-electron chi connectivity index (χ3n) is 1.47. The van der Waals surface area contributed by atoms with E-state index in [-0.39, 0.29) is 0 Å². The van der Waals surface area contributed by atoms with Crippen LogP contribution in [-0.4, -0.2) is 26.9 Å². The molecule has 0 saturated carbocycles. The van der Waals surface area contributed by atoms with E-state index < -0.39 is 60.8 Å². The lowest BCUT2D eigenvalue weighted by molar-refractivity contribution is 0.426. The number of nitrogens with zero attached hydrogens (tertiary/aromatic N) is 2. The second-order valence-corrected chi connectivity index (χ2v) is 2.40. The Morgan fingerprint density at radius 3 is 2.50 bits per heavy atom. The summed E-state index contributed by atoms with van der Waals surface area (Å²) in [6.45, 7) is 0. The van der Waals surface area contributed by atoms with Gasteiger partial charge >= 0.3 is 7.12 Å². The van der Waals surface area contributed by atoms with E-state index in [4.69, 9.17) is 19.6 Å². The Hall–Kier alpha value is -1.59. The van der Waals surface area contributed by atoms with Gasteiger partial charge in [-0.2, -0.15) is 5.10 Å². The molecule has 0 aliphatic heterocycles. The van der Waals surface area contributed by atoms with Gasteiger partial charge in [-0.1, -0.05) is 12.1 Å². The maximum Gasteiger partial charge on any atom is 0.488 e. The first-order chi connectivity index (χ1) is 9.68. The van der Waals surface area contributed by atoms with E-state index in [2.05, 4.69) is 5.10 Å². The third-order valence-corrected chi connectivity index (χ3v) is 1.47. The fourth-order valence-electron chi connectivity index (χ4n) is 0.834. The Morgan fingerprint density at radius 2 is 2.00 bits per heavy atom. The van der Waals surface area contributed by atoms with E-state index in [1.807, 2.05) is 0 Å². The Balaban J connectivity index is 2.85. The zero-order valence-electron chi connectivity index (χ0n) is 13.9.